The number of H-pyrrole nitrogens is 1. The lowest BCUT2D eigenvalue weighted by Crippen LogP contribution is -2.51. The highest BCUT2D eigenvalue weighted by Crippen LogP contribution is 2.60. The van der Waals surface area contributed by atoms with Gasteiger partial charge in [0.2, 0.25) is 5.91 Å². The van der Waals surface area contributed by atoms with Crippen LogP contribution >= 0.6 is 0 Å². The van der Waals surface area contributed by atoms with Crippen LogP contribution in [0.3, 0.4) is 0 Å². The predicted octanol–water partition coefficient (Wildman–Crippen LogP) is 5.19. The third-order valence-electron chi connectivity index (χ3n) is 9.88. The van der Waals surface area contributed by atoms with E-state index in [1.165, 1.54) is 19.3 Å². The van der Waals surface area contributed by atoms with Gasteiger partial charge in [-0.15, -0.1) is 0 Å². The molecule has 0 spiro atoms. The molecule has 1 atom stereocenters. The highest BCUT2D eigenvalue weighted by molar-refractivity contribution is 5.97. The Bertz CT molecular complexity index is 1520. The quantitative estimate of drug-likeness (QED) is 0.363. The van der Waals surface area contributed by atoms with Gasteiger partial charge in [-0.25, -0.2) is 4.98 Å². The Hall–Kier alpha value is -3.72. The maximum Gasteiger partial charge on any atom is 0.230 e. The van der Waals surface area contributed by atoms with Gasteiger partial charge in [0.05, 0.1) is 37.1 Å². The third kappa shape index (κ3) is 3.93. The lowest BCUT2D eigenvalue weighted by molar-refractivity contribution is -0.140. The number of hydrogen-bond donors (Lipinski definition) is 2. The van der Waals surface area contributed by atoms with E-state index in [0.29, 0.717) is 13.2 Å². The topological polar surface area (TPSA) is 101 Å². The molecule has 206 valence electrons. The Morgan fingerprint density at radius 1 is 1.07 bits per heavy atom. The molecule has 9 heteroatoms. The monoisotopic (exact) mass is 537 g/mol. The second kappa shape index (κ2) is 9.16. The van der Waals surface area contributed by atoms with Crippen LogP contribution in [-0.4, -0.2) is 56.7 Å². The van der Waals surface area contributed by atoms with Gasteiger partial charge in [-0.2, -0.15) is 14.9 Å². The van der Waals surface area contributed by atoms with Gasteiger partial charge in [-0.1, -0.05) is 12.1 Å². The molecule has 2 N–H and O–H groups in total. The molecule has 9 rings (SSSR count). The van der Waals surface area contributed by atoms with Gasteiger partial charge >= 0.3 is 0 Å². The van der Waals surface area contributed by atoms with Gasteiger partial charge < -0.3 is 15.0 Å². The predicted molar refractivity (Wildman–Crippen MR) is 153 cm³/mol. The Balaban J connectivity index is 1.12. The number of pyridine rings is 1. The molecule has 4 heterocycles. The number of ether oxygens (including phenoxy) is 1. The van der Waals surface area contributed by atoms with Gasteiger partial charge in [0, 0.05) is 23.7 Å². The molecule has 0 unspecified atom stereocenters. The van der Waals surface area contributed by atoms with Crippen LogP contribution in [0.2, 0.25) is 0 Å². The van der Waals surface area contributed by atoms with Crippen LogP contribution < -0.4 is 10.2 Å². The summed E-state index contributed by atoms with van der Waals surface area (Å²) in [5.74, 6) is 4.15. The highest BCUT2D eigenvalue weighted by atomic mass is 16.5. The number of nitrogens with zero attached hydrogens (tertiary/aromatic N) is 5. The Morgan fingerprint density at radius 2 is 1.82 bits per heavy atom. The molecule has 1 aromatic carbocycles. The number of nitrogens with one attached hydrogen (secondary N) is 2. The summed E-state index contributed by atoms with van der Waals surface area (Å²) in [5.41, 5.74) is 3.60. The first-order chi connectivity index (χ1) is 19.5. The lowest BCUT2D eigenvalue weighted by Gasteiger charge is -2.55. The average molecular weight is 538 g/mol. The number of benzene rings is 1. The number of morpholine rings is 1. The maximum atomic E-state index is 13.6. The minimum Gasteiger partial charge on any atom is -0.377 e. The first kappa shape index (κ1) is 24.1. The van der Waals surface area contributed by atoms with Crippen LogP contribution in [0.4, 0.5) is 11.5 Å². The molecule has 4 aliphatic carbocycles. The van der Waals surface area contributed by atoms with E-state index < -0.39 is 0 Å². The summed E-state index contributed by atoms with van der Waals surface area (Å²) in [6, 6.07) is 12.5. The van der Waals surface area contributed by atoms with Crippen LogP contribution in [0.15, 0.2) is 48.8 Å². The molecule has 4 aromatic rings. The van der Waals surface area contributed by atoms with Crippen molar-refractivity contribution in [2.75, 3.05) is 30.0 Å². The Kier molecular flexibility index (Phi) is 5.52. The van der Waals surface area contributed by atoms with Crippen molar-refractivity contribution in [2.45, 2.75) is 51.5 Å². The number of hydrogen-bond acceptors (Lipinski definition) is 6. The SMILES string of the molecule is C[C@@H]1COCCN1c1cc(-c2ccc(NC(=O)C34CC5CC(CC(C5)C3)C4)cc2)c2cnn(-c3ccn[nH]3)c2n1. The summed E-state index contributed by atoms with van der Waals surface area (Å²) in [6.07, 6.45) is 10.8. The normalized spacial score (nSPS) is 29.3. The maximum absolute atomic E-state index is 13.6. The minimum atomic E-state index is -0.157. The van der Waals surface area contributed by atoms with E-state index in [4.69, 9.17) is 9.72 Å². The molecule has 1 saturated heterocycles. The fourth-order valence-electron chi connectivity index (χ4n) is 8.37. The van der Waals surface area contributed by atoms with Gasteiger partial charge in [-0.3, -0.25) is 9.89 Å². The van der Waals surface area contributed by atoms with Gasteiger partial charge in [-0.05, 0) is 92.5 Å². The van der Waals surface area contributed by atoms with Crippen molar-refractivity contribution in [3.05, 3.63) is 48.8 Å². The zero-order valence-electron chi connectivity index (χ0n) is 22.8. The van der Waals surface area contributed by atoms with E-state index in [1.54, 1.807) is 10.9 Å². The second-order valence-corrected chi connectivity index (χ2v) is 12.6. The Labute approximate surface area is 233 Å². The average Bonchev–Trinajstić information content (AvgIpc) is 3.63. The molecule has 5 aliphatic rings. The van der Waals surface area contributed by atoms with Crippen LogP contribution in [0.25, 0.3) is 28.0 Å². The summed E-state index contributed by atoms with van der Waals surface area (Å²) >= 11 is 0. The number of carbonyl (C=O) groups excluding carboxylic acids is 1. The molecule has 9 nitrogen and oxygen atoms in total. The van der Waals surface area contributed by atoms with Gasteiger partial charge in [0.15, 0.2) is 11.5 Å². The molecule has 4 saturated carbocycles. The van der Waals surface area contributed by atoms with Crippen molar-refractivity contribution in [3.63, 3.8) is 0 Å². The minimum absolute atomic E-state index is 0.157. The van der Waals surface area contributed by atoms with Crippen molar-refractivity contribution < 1.29 is 9.53 Å². The van der Waals surface area contributed by atoms with Crippen molar-refractivity contribution in [2.24, 2.45) is 23.2 Å². The van der Waals surface area contributed by atoms with E-state index in [9.17, 15) is 4.79 Å². The fourth-order valence-corrected chi connectivity index (χ4v) is 8.37. The zero-order chi connectivity index (χ0) is 26.8. The van der Waals surface area contributed by atoms with Crippen LogP contribution in [0, 0.1) is 23.2 Å². The first-order valence-corrected chi connectivity index (χ1v) is 14.7. The van der Waals surface area contributed by atoms with Crippen molar-refractivity contribution >= 4 is 28.4 Å². The van der Waals surface area contributed by atoms with Crippen LogP contribution in [0.1, 0.15) is 45.4 Å². The van der Waals surface area contributed by atoms with Gasteiger partial charge in [0.1, 0.15) is 5.82 Å². The van der Waals surface area contributed by atoms with E-state index >= 15 is 0 Å². The number of anilines is 2. The number of fused-ring (bicyclic) bond motifs is 1. The molecule has 1 amide bonds. The van der Waals surface area contributed by atoms with Crippen molar-refractivity contribution in [1.82, 2.24) is 25.0 Å². The van der Waals surface area contributed by atoms with Crippen LogP contribution in [-0.2, 0) is 9.53 Å². The molecule has 5 fully saturated rings. The van der Waals surface area contributed by atoms with Crippen LogP contribution in [0.5, 0.6) is 0 Å². The smallest absolute Gasteiger partial charge is 0.230 e. The van der Waals surface area contributed by atoms with Crippen molar-refractivity contribution in [1.29, 1.82) is 0 Å². The van der Waals surface area contributed by atoms with E-state index in [2.05, 4.69) is 50.6 Å². The molecular weight excluding hydrogens is 502 g/mol. The summed E-state index contributed by atoms with van der Waals surface area (Å²) < 4.78 is 7.50. The number of aromatic nitrogens is 5. The summed E-state index contributed by atoms with van der Waals surface area (Å²) in [5, 5.41) is 16.0. The number of amides is 1. The van der Waals surface area contributed by atoms with E-state index in [-0.39, 0.29) is 17.4 Å². The Morgan fingerprint density at radius 3 is 2.50 bits per heavy atom. The zero-order valence-corrected chi connectivity index (χ0v) is 22.8. The molecule has 3 aromatic heterocycles. The summed E-state index contributed by atoms with van der Waals surface area (Å²) in [7, 11) is 0. The number of aromatic amines is 1. The summed E-state index contributed by atoms with van der Waals surface area (Å²) in [6.45, 7) is 4.30. The first-order valence-electron chi connectivity index (χ1n) is 14.7. The second-order valence-electron chi connectivity index (χ2n) is 12.6. The molecule has 1 aliphatic heterocycles. The highest BCUT2D eigenvalue weighted by Gasteiger charge is 2.54. The fraction of sp³-hybridized carbons (Fsp3) is 0.484. The third-order valence-corrected chi connectivity index (χ3v) is 9.88. The number of rotatable bonds is 5. The molecular formula is C31H35N7O2. The summed E-state index contributed by atoms with van der Waals surface area (Å²) in [4.78, 5) is 21.0. The molecule has 0 radical (unpaired) electrons. The van der Waals surface area contributed by atoms with Gasteiger partial charge in [0.25, 0.3) is 0 Å². The molecule has 40 heavy (non-hydrogen) atoms. The molecule has 4 bridgehead atoms. The van der Waals surface area contributed by atoms with Crippen molar-refractivity contribution in [3.8, 4) is 16.9 Å². The number of carbonyl (C=O) groups is 1. The van der Waals surface area contributed by atoms with E-state index in [1.807, 2.05) is 24.4 Å². The standard InChI is InChI=1S/C31H35N7O2/c1-19-18-40-9-8-37(19)28-13-25(26-17-33-38(29(26)35-28)27-6-7-32-36-27)23-2-4-24(5-3-23)34-30(39)31-14-20-10-21(15-31)12-22(11-20)16-31/h2-7,13,17,19-22H,8-12,14-16,18H2,1H3,(H,32,36)(H,34,39)/t19-,20?,21?,22?,31?/m1/s1. The lowest BCUT2D eigenvalue weighted by atomic mass is 9.49. The largest absolute Gasteiger partial charge is 0.377 e. The van der Waals surface area contributed by atoms with E-state index in [0.717, 1.165) is 83.0 Å².